The van der Waals surface area contributed by atoms with Gasteiger partial charge in [0, 0.05) is 0 Å². The third-order valence-corrected chi connectivity index (χ3v) is 8.28. The fourth-order valence-corrected chi connectivity index (χ4v) is 5.75. The van der Waals surface area contributed by atoms with Crippen LogP contribution in [0, 0.1) is 0 Å². The Hall–Kier alpha value is -3.97. The number of carbonyl (C=O) groups is 3. The summed E-state index contributed by atoms with van der Waals surface area (Å²) in [6, 6.07) is 29.0. The lowest BCUT2D eigenvalue weighted by Gasteiger charge is -2.36. The Morgan fingerprint density at radius 1 is 0.596 bits per heavy atom. The van der Waals surface area contributed by atoms with Gasteiger partial charge in [-0.1, -0.05) is 169 Å². The molecule has 0 fully saturated rings. The van der Waals surface area contributed by atoms with Crippen LogP contribution in [0.4, 0.5) is 0 Å². The van der Waals surface area contributed by atoms with Gasteiger partial charge in [-0.3, -0.25) is 9.59 Å². The normalized spacial score (nSPS) is 11.9. The van der Waals surface area contributed by atoms with E-state index in [4.69, 9.17) is 18.9 Å². The van der Waals surface area contributed by atoms with Gasteiger partial charge >= 0.3 is 17.9 Å². The largest absolute Gasteiger partial charge is 0.466 e. The van der Waals surface area contributed by atoms with Gasteiger partial charge in [0.1, 0.15) is 12.0 Å². The maximum absolute atomic E-state index is 12.8. The molecule has 0 bridgehead atoms. The molecule has 0 saturated carbocycles. The lowest BCUT2D eigenvalue weighted by molar-refractivity contribution is -0.175. The van der Waals surface area contributed by atoms with E-state index in [1.807, 2.05) is 91.0 Å². The Morgan fingerprint density at radius 3 is 1.45 bits per heavy atom. The minimum Gasteiger partial charge on any atom is -0.466 e. The van der Waals surface area contributed by atoms with Crippen molar-refractivity contribution in [1.29, 1.82) is 0 Å². The van der Waals surface area contributed by atoms with Gasteiger partial charge in [0.15, 0.2) is 0 Å². The van der Waals surface area contributed by atoms with Crippen LogP contribution in [-0.4, -0.2) is 44.3 Å². The summed E-state index contributed by atoms with van der Waals surface area (Å²) in [4.78, 5) is 37.9. The average molecular weight is 645 g/mol. The summed E-state index contributed by atoms with van der Waals surface area (Å²) in [6.45, 7) is 2.18. The number of carbonyl (C=O) groups excluding carboxylic acids is 3. The van der Waals surface area contributed by atoms with Crippen molar-refractivity contribution in [2.45, 2.75) is 102 Å². The number of unbranched alkanes of at least 4 members (excludes halogenated alkanes) is 11. The first-order chi connectivity index (χ1) is 23.0. The minimum absolute atomic E-state index is 0.251. The van der Waals surface area contributed by atoms with Crippen molar-refractivity contribution in [3.63, 3.8) is 0 Å². The molecule has 7 heteroatoms. The summed E-state index contributed by atoms with van der Waals surface area (Å²) >= 11 is 0. The third-order valence-electron chi connectivity index (χ3n) is 8.28. The van der Waals surface area contributed by atoms with E-state index in [1.165, 1.54) is 64.9 Å². The summed E-state index contributed by atoms with van der Waals surface area (Å²) in [5.74, 6) is -2.35. The highest BCUT2D eigenvalue weighted by atomic mass is 16.6. The van der Waals surface area contributed by atoms with Crippen molar-refractivity contribution in [1.82, 2.24) is 0 Å². The minimum atomic E-state index is -1.40. The molecule has 3 rings (SSSR count). The van der Waals surface area contributed by atoms with Gasteiger partial charge in [0.2, 0.25) is 6.10 Å². The van der Waals surface area contributed by atoms with Gasteiger partial charge in [0.05, 0.1) is 20.3 Å². The highest BCUT2D eigenvalue weighted by Gasteiger charge is 2.39. The molecule has 0 spiro atoms. The zero-order valence-corrected chi connectivity index (χ0v) is 28.2. The predicted octanol–water partition coefficient (Wildman–Crippen LogP) is 8.71. The molecular weight excluding hydrogens is 592 g/mol. The molecule has 0 unspecified atom stereocenters. The van der Waals surface area contributed by atoms with Crippen LogP contribution < -0.4 is 0 Å². The maximum atomic E-state index is 12.8. The molecule has 0 heterocycles. The summed E-state index contributed by atoms with van der Waals surface area (Å²) in [5.41, 5.74) is 1.35. The summed E-state index contributed by atoms with van der Waals surface area (Å²) in [5, 5.41) is 0. The molecule has 0 aliphatic rings. The van der Waals surface area contributed by atoms with Crippen molar-refractivity contribution in [3.05, 3.63) is 108 Å². The average Bonchev–Trinajstić information content (AvgIpc) is 3.11. The van der Waals surface area contributed by atoms with E-state index < -0.39 is 36.0 Å². The second kappa shape index (κ2) is 21.8. The Kier molecular flexibility index (Phi) is 17.4. The van der Waals surface area contributed by atoms with Gasteiger partial charge in [-0.05, 0) is 23.1 Å². The van der Waals surface area contributed by atoms with Crippen molar-refractivity contribution in [3.8, 4) is 0 Å². The van der Waals surface area contributed by atoms with Gasteiger partial charge in [-0.2, -0.15) is 0 Å². The van der Waals surface area contributed by atoms with Crippen LogP contribution in [0.25, 0.3) is 0 Å². The molecule has 0 aliphatic carbocycles. The van der Waals surface area contributed by atoms with E-state index in [-0.39, 0.29) is 13.2 Å². The smallest absolute Gasteiger partial charge is 0.349 e. The van der Waals surface area contributed by atoms with Crippen LogP contribution in [0.1, 0.15) is 107 Å². The topological polar surface area (TPSA) is 88.1 Å². The maximum Gasteiger partial charge on any atom is 0.349 e. The number of hydrogen-bond acceptors (Lipinski definition) is 7. The Labute approximate surface area is 281 Å². The van der Waals surface area contributed by atoms with Crippen LogP contribution >= 0.6 is 0 Å². The Bertz CT molecular complexity index is 1200. The van der Waals surface area contributed by atoms with E-state index in [9.17, 15) is 14.4 Å². The molecule has 0 radical (unpaired) electrons. The van der Waals surface area contributed by atoms with Crippen molar-refractivity contribution >= 4 is 17.9 Å². The lowest BCUT2D eigenvalue weighted by atomic mass is 9.80. The lowest BCUT2D eigenvalue weighted by Crippen LogP contribution is -2.40. The third kappa shape index (κ3) is 12.6. The Morgan fingerprint density at radius 2 is 1.02 bits per heavy atom. The van der Waals surface area contributed by atoms with Crippen molar-refractivity contribution in [2.75, 3.05) is 20.3 Å². The predicted molar refractivity (Wildman–Crippen MR) is 184 cm³/mol. The van der Waals surface area contributed by atoms with Crippen LogP contribution in [0.5, 0.6) is 0 Å². The highest BCUT2D eigenvalue weighted by Crippen LogP contribution is 2.40. The molecule has 254 valence electrons. The summed E-state index contributed by atoms with van der Waals surface area (Å²) < 4.78 is 22.3. The number of benzene rings is 3. The number of hydrogen-bond donors (Lipinski definition) is 0. The quantitative estimate of drug-likeness (QED) is 0.0335. The molecule has 7 nitrogen and oxygen atoms in total. The Balaban J connectivity index is 1.52. The molecule has 3 aromatic carbocycles. The van der Waals surface area contributed by atoms with Crippen LogP contribution in [-0.2, 0) is 38.9 Å². The van der Waals surface area contributed by atoms with Crippen LogP contribution in [0.3, 0.4) is 0 Å². The molecule has 0 saturated heterocycles. The highest BCUT2D eigenvalue weighted by molar-refractivity contribution is 5.92. The fraction of sp³-hybridized carbons (Fsp3) is 0.475. The van der Waals surface area contributed by atoms with Crippen LogP contribution in [0.15, 0.2) is 91.0 Å². The standard InChI is InChI=1S/C40H52O7/c1-3-4-5-6-7-8-9-10-11-12-13-23-30-45-37(41)31-38(42)47-36(39(43)44-2)32-46-40(33-24-17-14-18-25-33,34-26-19-15-20-27-34)35-28-21-16-22-29-35/h14-22,24-29,36H,3-13,23,30-32H2,1-2H3/t36-/m1/s1. The van der Waals surface area contributed by atoms with Gasteiger partial charge in [0.25, 0.3) is 0 Å². The molecule has 0 aromatic heterocycles. The zero-order chi connectivity index (χ0) is 33.6. The summed E-state index contributed by atoms with van der Waals surface area (Å²) in [7, 11) is 1.21. The SMILES string of the molecule is CCCCCCCCCCCCCCOC(=O)CC(=O)O[C@H](COC(c1ccccc1)(c1ccccc1)c1ccccc1)C(=O)OC. The molecule has 1 atom stereocenters. The summed E-state index contributed by atoms with van der Waals surface area (Å²) in [6.07, 6.45) is 12.5. The molecule has 0 aliphatic heterocycles. The number of rotatable bonds is 23. The fourth-order valence-electron chi connectivity index (χ4n) is 5.75. The van der Waals surface area contributed by atoms with Crippen molar-refractivity contribution in [2.24, 2.45) is 0 Å². The first-order valence-corrected chi connectivity index (χ1v) is 17.2. The van der Waals surface area contributed by atoms with E-state index in [0.29, 0.717) is 0 Å². The number of methoxy groups -OCH3 is 1. The molecular formula is C40H52O7. The van der Waals surface area contributed by atoms with E-state index in [0.717, 1.165) is 36.0 Å². The molecule has 47 heavy (non-hydrogen) atoms. The first-order valence-electron chi connectivity index (χ1n) is 17.2. The molecule has 0 amide bonds. The van der Waals surface area contributed by atoms with E-state index in [1.54, 1.807) is 0 Å². The van der Waals surface area contributed by atoms with Crippen molar-refractivity contribution < 1.29 is 33.3 Å². The number of esters is 3. The second-order valence-electron chi connectivity index (χ2n) is 11.9. The molecule has 3 aromatic rings. The van der Waals surface area contributed by atoms with Gasteiger partial charge < -0.3 is 18.9 Å². The first kappa shape index (κ1) is 37.5. The number of ether oxygens (including phenoxy) is 4. The zero-order valence-electron chi connectivity index (χ0n) is 28.2. The van der Waals surface area contributed by atoms with Gasteiger partial charge in [-0.15, -0.1) is 0 Å². The monoisotopic (exact) mass is 644 g/mol. The second-order valence-corrected chi connectivity index (χ2v) is 11.9. The van der Waals surface area contributed by atoms with Gasteiger partial charge in [-0.25, -0.2) is 4.79 Å². The van der Waals surface area contributed by atoms with E-state index in [2.05, 4.69) is 6.92 Å². The molecule has 0 N–H and O–H groups in total. The van der Waals surface area contributed by atoms with E-state index >= 15 is 0 Å². The van der Waals surface area contributed by atoms with Crippen LogP contribution in [0.2, 0.25) is 0 Å².